The summed E-state index contributed by atoms with van der Waals surface area (Å²) in [4.78, 5) is 21.4. The number of hydrogen-bond acceptors (Lipinski definition) is 6. The molecule has 1 saturated heterocycles. The van der Waals surface area contributed by atoms with E-state index >= 15 is 0 Å². The van der Waals surface area contributed by atoms with E-state index in [1.54, 1.807) is 16.8 Å². The number of benzene rings is 3. The molecule has 1 aliphatic rings. The molecule has 0 amide bonds. The van der Waals surface area contributed by atoms with Crippen molar-refractivity contribution in [1.29, 1.82) is 0 Å². The Morgan fingerprint density at radius 1 is 0.925 bits per heavy atom. The first-order valence-corrected chi connectivity index (χ1v) is 13.6. The van der Waals surface area contributed by atoms with E-state index in [-0.39, 0.29) is 11.4 Å². The van der Waals surface area contributed by atoms with Crippen LogP contribution in [0.1, 0.15) is 39.7 Å². The van der Waals surface area contributed by atoms with Gasteiger partial charge in [0.1, 0.15) is 11.9 Å². The fourth-order valence-electron chi connectivity index (χ4n) is 5.67. The second-order valence-electron chi connectivity index (χ2n) is 10.6. The lowest BCUT2D eigenvalue weighted by Crippen LogP contribution is -2.49. The maximum absolute atomic E-state index is 13.6. The number of hydrogen-bond donors (Lipinski definition) is 1. The molecule has 0 saturated carbocycles. The van der Waals surface area contributed by atoms with Gasteiger partial charge in [0, 0.05) is 37.4 Å². The predicted molar refractivity (Wildman–Crippen MR) is 154 cm³/mol. The monoisotopic (exact) mass is 537 g/mol. The average Bonchev–Trinajstić information content (AvgIpc) is 3.40. The molecular formula is C31H32FN7O. The molecule has 40 heavy (non-hydrogen) atoms. The van der Waals surface area contributed by atoms with Crippen molar-refractivity contribution < 1.29 is 4.39 Å². The zero-order valence-electron chi connectivity index (χ0n) is 22.9. The predicted octanol–water partition coefficient (Wildman–Crippen LogP) is 4.54. The number of nitrogens with zero attached hydrogens (tertiary/aromatic N) is 6. The summed E-state index contributed by atoms with van der Waals surface area (Å²) in [5, 5.41) is 13.7. The Bertz CT molecular complexity index is 1720. The highest BCUT2D eigenvalue weighted by Crippen LogP contribution is 2.30. The summed E-state index contributed by atoms with van der Waals surface area (Å²) in [6, 6.07) is 20.4. The van der Waals surface area contributed by atoms with Crippen LogP contribution < -0.4 is 10.5 Å². The smallest absolute Gasteiger partial charge is 0.253 e. The van der Waals surface area contributed by atoms with Gasteiger partial charge in [0.25, 0.3) is 5.56 Å². The number of tetrazole rings is 1. The van der Waals surface area contributed by atoms with Crippen molar-refractivity contribution >= 4 is 16.6 Å². The molecule has 3 aromatic carbocycles. The van der Waals surface area contributed by atoms with Crippen molar-refractivity contribution in [2.75, 3.05) is 31.1 Å². The first-order chi connectivity index (χ1) is 19.4. The van der Waals surface area contributed by atoms with Crippen molar-refractivity contribution in [2.45, 2.75) is 33.4 Å². The number of nitrogens with one attached hydrogen (secondary N) is 1. The van der Waals surface area contributed by atoms with Gasteiger partial charge < -0.3 is 9.88 Å². The van der Waals surface area contributed by atoms with Crippen LogP contribution in [0.2, 0.25) is 0 Å². The summed E-state index contributed by atoms with van der Waals surface area (Å²) < 4.78 is 15.3. The highest BCUT2D eigenvalue weighted by atomic mass is 19.1. The van der Waals surface area contributed by atoms with Crippen molar-refractivity contribution in [2.24, 2.45) is 0 Å². The third-order valence-electron chi connectivity index (χ3n) is 7.85. The van der Waals surface area contributed by atoms with Gasteiger partial charge in [0.05, 0.1) is 12.1 Å². The lowest BCUT2D eigenvalue weighted by molar-refractivity contribution is 0.200. The largest absolute Gasteiger partial charge is 0.369 e. The first kappa shape index (κ1) is 25.9. The summed E-state index contributed by atoms with van der Waals surface area (Å²) in [6.07, 6.45) is 0. The Labute approximate surface area is 232 Å². The Morgan fingerprint density at radius 2 is 1.70 bits per heavy atom. The molecule has 5 aromatic rings. The summed E-state index contributed by atoms with van der Waals surface area (Å²) in [7, 11) is 0. The van der Waals surface area contributed by atoms with Crippen molar-refractivity contribution in [3.8, 4) is 0 Å². The SMILES string of the molecule is Cc1ccc(C)c(N2CCN(C(c3cc4cccc(C)c4[nH]c3=O)c3nnnn3Cc3ccc(F)cc3)CC2)c1. The van der Waals surface area contributed by atoms with Crippen molar-refractivity contribution in [3.63, 3.8) is 0 Å². The average molecular weight is 538 g/mol. The maximum Gasteiger partial charge on any atom is 0.253 e. The van der Waals surface area contributed by atoms with Gasteiger partial charge in [0.2, 0.25) is 0 Å². The van der Waals surface area contributed by atoms with Gasteiger partial charge in [-0.25, -0.2) is 9.07 Å². The number of aromatic amines is 1. The summed E-state index contributed by atoms with van der Waals surface area (Å²) in [6.45, 7) is 9.70. The fourth-order valence-corrected chi connectivity index (χ4v) is 5.67. The molecule has 0 radical (unpaired) electrons. The Morgan fingerprint density at radius 3 is 2.48 bits per heavy atom. The molecule has 3 heterocycles. The number of anilines is 1. The molecule has 1 N–H and O–H groups in total. The molecular weight excluding hydrogens is 505 g/mol. The summed E-state index contributed by atoms with van der Waals surface area (Å²) in [5.41, 5.74) is 6.90. The minimum atomic E-state index is -0.454. The molecule has 0 aliphatic carbocycles. The molecule has 0 spiro atoms. The molecule has 1 aliphatic heterocycles. The van der Waals surface area contributed by atoms with Gasteiger partial charge in [-0.15, -0.1) is 5.10 Å². The van der Waals surface area contributed by atoms with E-state index in [2.05, 4.69) is 62.4 Å². The third kappa shape index (κ3) is 5.00. The van der Waals surface area contributed by atoms with Crippen molar-refractivity contribution in [3.05, 3.63) is 117 Å². The van der Waals surface area contributed by atoms with Crippen LogP contribution in [-0.2, 0) is 6.54 Å². The third-order valence-corrected chi connectivity index (χ3v) is 7.85. The van der Waals surface area contributed by atoms with Gasteiger partial charge in [-0.05, 0) is 83.1 Å². The molecule has 2 aromatic heterocycles. The van der Waals surface area contributed by atoms with E-state index in [1.807, 2.05) is 31.2 Å². The minimum Gasteiger partial charge on any atom is -0.369 e. The van der Waals surface area contributed by atoms with Gasteiger partial charge >= 0.3 is 0 Å². The lowest BCUT2D eigenvalue weighted by Gasteiger charge is -2.40. The van der Waals surface area contributed by atoms with Gasteiger partial charge in [-0.2, -0.15) is 0 Å². The number of rotatable bonds is 6. The van der Waals surface area contributed by atoms with E-state index < -0.39 is 6.04 Å². The zero-order valence-corrected chi connectivity index (χ0v) is 22.9. The molecule has 1 fully saturated rings. The van der Waals surface area contributed by atoms with Crippen LogP contribution in [0.15, 0.2) is 71.5 Å². The van der Waals surface area contributed by atoms with E-state index in [0.717, 1.165) is 48.2 Å². The van der Waals surface area contributed by atoms with Crippen molar-refractivity contribution in [1.82, 2.24) is 30.1 Å². The van der Waals surface area contributed by atoms with Crippen LogP contribution in [0.4, 0.5) is 10.1 Å². The second kappa shape index (κ2) is 10.7. The number of piperazine rings is 1. The number of para-hydroxylation sites is 1. The highest BCUT2D eigenvalue weighted by molar-refractivity contribution is 5.82. The lowest BCUT2D eigenvalue weighted by atomic mass is 10.0. The molecule has 6 rings (SSSR count). The molecule has 1 unspecified atom stereocenters. The molecule has 204 valence electrons. The second-order valence-corrected chi connectivity index (χ2v) is 10.6. The number of halogens is 1. The van der Waals surface area contributed by atoms with E-state index in [9.17, 15) is 9.18 Å². The van der Waals surface area contributed by atoms with Gasteiger partial charge in [-0.3, -0.25) is 9.69 Å². The Kier molecular flexibility index (Phi) is 6.89. The number of H-pyrrole nitrogens is 1. The van der Waals surface area contributed by atoms with E-state index in [4.69, 9.17) is 0 Å². The molecule has 1 atom stereocenters. The number of aryl methyl sites for hydroxylation is 3. The standard InChI is InChI=1S/C31H32FN7O/c1-20-7-8-21(2)27(17-20)37-13-15-38(16-14-37)29(26-18-24-6-4-5-22(3)28(24)33-31(26)40)30-34-35-36-39(30)19-23-9-11-25(32)12-10-23/h4-12,17-18,29H,13-16,19H2,1-3H3,(H,33,40). The summed E-state index contributed by atoms with van der Waals surface area (Å²) in [5.74, 6) is 0.292. The normalized spacial score (nSPS) is 15.1. The minimum absolute atomic E-state index is 0.153. The molecule has 9 heteroatoms. The van der Waals surface area contributed by atoms with E-state index in [1.165, 1.54) is 28.9 Å². The zero-order chi connectivity index (χ0) is 27.8. The van der Waals surface area contributed by atoms with Crippen LogP contribution in [0.5, 0.6) is 0 Å². The number of pyridine rings is 1. The molecule has 8 nitrogen and oxygen atoms in total. The Hall–Kier alpha value is -4.37. The van der Waals surface area contributed by atoms with Crippen LogP contribution in [0.3, 0.4) is 0 Å². The topological polar surface area (TPSA) is 82.9 Å². The summed E-state index contributed by atoms with van der Waals surface area (Å²) >= 11 is 0. The number of aromatic nitrogens is 5. The van der Waals surface area contributed by atoms with Crippen LogP contribution in [0, 0.1) is 26.6 Å². The van der Waals surface area contributed by atoms with Crippen LogP contribution >= 0.6 is 0 Å². The van der Waals surface area contributed by atoms with Crippen LogP contribution in [-0.4, -0.2) is 56.3 Å². The van der Waals surface area contributed by atoms with Crippen LogP contribution in [0.25, 0.3) is 10.9 Å². The van der Waals surface area contributed by atoms with Gasteiger partial charge in [0.15, 0.2) is 5.82 Å². The Balaban J connectivity index is 1.39. The number of fused-ring (bicyclic) bond motifs is 1. The maximum atomic E-state index is 13.6. The molecule has 0 bridgehead atoms. The fraction of sp³-hybridized carbons (Fsp3) is 0.290. The quantitative estimate of drug-likeness (QED) is 0.343. The van der Waals surface area contributed by atoms with E-state index in [0.29, 0.717) is 17.9 Å². The van der Waals surface area contributed by atoms with Gasteiger partial charge in [-0.1, -0.05) is 42.5 Å². The highest BCUT2D eigenvalue weighted by Gasteiger charge is 2.33. The first-order valence-electron chi connectivity index (χ1n) is 13.6.